The van der Waals surface area contributed by atoms with Crippen molar-refractivity contribution in [3.63, 3.8) is 0 Å². The van der Waals surface area contributed by atoms with Crippen molar-refractivity contribution in [1.82, 2.24) is 0 Å². The van der Waals surface area contributed by atoms with Crippen LogP contribution in [0.2, 0.25) is 0 Å². The molecule has 1 aromatic rings. The molecule has 0 radical (unpaired) electrons. The average Bonchev–Trinajstić information content (AvgIpc) is 2.20. The molecule has 0 saturated carbocycles. The van der Waals surface area contributed by atoms with Crippen molar-refractivity contribution in [2.75, 3.05) is 17.2 Å². The summed E-state index contributed by atoms with van der Waals surface area (Å²) < 4.78 is 13.6. The number of carbonyl (C=O) groups excluding carboxylic acids is 1. The quantitative estimate of drug-likeness (QED) is 0.834. The number of carbonyl (C=O) groups is 1. The van der Waals surface area contributed by atoms with Gasteiger partial charge in [-0.15, -0.1) is 0 Å². The Hall–Kier alpha value is -1.30. The Morgan fingerprint density at radius 1 is 1.53 bits per heavy atom. The monoisotopic (exact) mass is 303 g/mol. The second kappa shape index (κ2) is 5.35. The molecule has 0 atom stereocenters. The number of benzene rings is 1. The third kappa shape index (κ3) is 3.33. The van der Waals surface area contributed by atoms with Crippen molar-refractivity contribution in [3.05, 3.63) is 22.4 Å². The zero-order valence-electron chi connectivity index (χ0n) is 9.71. The van der Waals surface area contributed by atoms with Crippen molar-refractivity contribution >= 4 is 33.2 Å². The van der Waals surface area contributed by atoms with Crippen LogP contribution in [0, 0.1) is 5.82 Å². The number of anilines is 2. The Balaban J connectivity index is 3.18. The van der Waals surface area contributed by atoms with Crippen LogP contribution < -0.4 is 16.4 Å². The molecule has 6 heteroatoms. The van der Waals surface area contributed by atoms with Gasteiger partial charge in [0.15, 0.2) is 0 Å². The maximum absolute atomic E-state index is 13.2. The maximum Gasteiger partial charge on any atom is 0.236 e. The van der Waals surface area contributed by atoms with Gasteiger partial charge in [-0.2, -0.15) is 0 Å². The summed E-state index contributed by atoms with van der Waals surface area (Å²) in [5.41, 5.74) is 11.8. The zero-order valence-corrected chi connectivity index (χ0v) is 11.3. The minimum atomic E-state index is -0.460. The van der Waals surface area contributed by atoms with Crippen molar-refractivity contribution in [2.24, 2.45) is 5.73 Å². The molecular weight excluding hydrogens is 289 g/mol. The summed E-state index contributed by atoms with van der Waals surface area (Å²) in [6.45, 7) is 3.85. The highest BCUT2D eigenvalue weighted by Gasteiger charge is 2.17. The Labute approximate surface area is 108 Å². The van der Waals surface area contributed by atoms with E-state index in [1.807, 2.05) is 13.8 Å². The lowest BCUT2D eigenvalue weighted by Gasteiger charge is -2.29. The van der Waals surface area contributed by atoms with Crippen molar-refractivity contribution < 1.29 is 9.18 Å². The first-order chi connectivity index (χ1) is 7.82. The van der Waals surface area contributed by atoms with Crippen LogP contribution in [0.4, 0.5) is 15.8 Å². The van der Waals surface area contributed by atoms with Crippen LogP contribution in [-0.2, 0) is 4.79 Å². The summed E-state index contributed by atoms with van der Waals surface area (Å²) >= 11 is 3.09. The van der Waals surface area contributed by atoms with Crippen molar-refractivity contribution in [1.29, 1.82) is 0 Å². The van der Waals surface area contributed by atoms with Gasteiger partial charge >= 0.3 is 0 Å². The standard InChI is InChI=1S/C11H15BrFN3O/c1-6(2)16(5-11(15)17)10-3-7(12)8(13)4-9(10)14/h3-4,6H,5,14H2,1-2H3,(H2,15,17). The fraction of sp³-hybridized carbons (Fsp3) is 0.364. The van der Waals surface area contributed by atoms with Crippen LogP contribution in [-0.4, -0.2) is 18.5 Å². The summed E-state index contributed by atoms with van der Waals surface area (Å²) in [5, 5.41) is 0. The van der Waals surface area contributed by atoms with Gasteiger partial charge in [0.1, 0.15) is 5.82 Å². The second-order valence-electron chi connectivity index (χ2n) is 4.01. The molecule has 0 aliphatic carbocycles. The average molecular weight is 304 g/mol. The highest BCUT2D eigenvalue weighted by atomic mass is 79.9. The van der Waals surface area contributed by atoms with E-state index < -0.39 is 11.7 Å². The molecule has 4 N–H and O–H groups in total. The lowest BCUT2D eigenvalue weighted by Crippen LogP contribution is -2.39. The van der Waals surface area contributed by atoms with E-state index >= 15 is 0 Å². The molecule has 1 aromatic carbocycles. The Morgan fingerprint density at radius 2 is 2.12 bits per heavy atom. The minimum Gasteiger partial charge on any atom is -0.397 e. The van der Waals surface area contributed by atoms with Gasteiger partial charge in [0.2, 0.25) is 5.91 Å². The maximum atomic E-state index is 13.2. The minimum absolute atomic E-state index is 0.0298. The third-order valence-electron chi connectivity index (χ3n) is 2.33. The predicted molar refractivity (Wildman–Crippen MR) is 70.2 cm³/mol. The van der Waals surface area contributed by atoms with Crippen LogP contribution in [0.5, 0.6) is 0 Å². The second-order valence-corrected chi connectivity index (χ2v) is 4.87. The van der Waals surface area contributed by atoms with E-state index in [1.54, 1.807) is 11.0 Å². The number of hydrogen-bond acceptors (Lipinski definition) is 3. The predicted octanol–water partition coefficient (Wildman–Crippen LogP) is 1.87. The van der Waals surface area contributed by atoms with E-state index in [4.69, 9.17) is 11.5 Å². The van der Waals surface area contributed by atoms with Gasteiger partial charge in [-0.05, 0) is 35.8 Å². The van der Waals surface area contributed by atoms with Crippen molar-refractivity contribution in [2.45, 2.75) is 19.9 Å². The number of nitrogen functional groups attached to an aromatic ring is 1. The lowest BCUT2D eigenvalue weighted by atomic mass is 10.2. The fourth-order valence-electron chi connectivity index (χ4n) is 1.51. The van der Waals surface area contributed by atoms with E-state index in [9.17, 15) is 9.18 Å². The fourth-order valence-corrected chi connectivity index (χ4v) is 1.85. The topological polar surface area (TPSA) is 72.3 Å². The molecule has 0 unspecified atom stereocenters. The van der Waals surface area contributed by atoms with Gasteiger partial charge < -0.3 is 16.4 Å². The molecule has 17 heavy (non-hydrogen) atoms. The van der Waals surface area contributed by atoms with Gasteiger partial charge in [-0.1, -0.05) is 0 Å². The van der Waals surface area contributed by atoms with E-state index in [1.165, 1.54) is 6.07 Å². The molecule has 0 saturated heterocycles. The third-order valence-corrected chi connectivity index (χ3v) is 2.94. The van der Waals surface area contributed by atoms with E-state index in [0.29, 0.717) is 10.2 Å². The number of amides is 1. The highest BCUT2D eigenvalue weighted by Crippen LogP contribution is 2.30. The molecule has 0 aliphatic rings. The molecule has 0 bridgehead atoms. The first kappa shape index (κ1) is 13.8. The van der Waals surface area contributed by atoms with Gasteiger partial charge in [0.25, 0.3) is 0 Å². The van der Waals surface area contributed by atoms with Gasteiger partial charge in [-0.3, -0.25) is 4.79 Å². The number of nitrogens with zero attached hydrogens (tertiary/aromatic N) is 1. The highest BCUT2D eigenvalue weighted by molar-refractivity contribution is 9.10. The Morgan fingerprint density at radius 3 is 2.59 bits per heavy atom. The molecule has 0 spiro atoms. The molecule has 0 aliphatic heterocycles. The first-order valence-corrected chi connectivity index (χ1v) is 5.91. The van der Waals surface area contributed by atoms with Gasteiger partial charge in [-0.25, -0.2) is 4.39 Å². The number of rotatable bonds is 4. The summed E-state index contributed by atoms with van der Waals surface area (Å²) in [6, 6.07) is 2.80. The summed E-state index contributed by atoms with van der Waals surface area (Å²) in [4.78, 5) is 12.7. The van der Waals surface area contributed by atoms with E-state index in [0.717, 1.165) is 0 Å². The van der Waals surface area contributed by atoms with Crippen LogP contribution in [0.1, 0.15) is 13.8 Å². The van der Waals surface area contributed by atoms with Gasteiger partial charge in [0, 0.05) is 12.1 Å². The Bertz CT molecular complexity index is 437. The zero-order chi connectivity index (χ0) is 13.2. The number of halogens is 2. The number of nitrogens with two attached hydrogens (primary N) is 2. The number of primary amides is 1. The van der Waals surface area contributed by atoms with Crippen LogP contribution in [0.25, 0.3) is 0 Å². The van der Waals surface area contributed by atoms with E-state index in [-0.39, 0.29) is 18.3 Å². The van der Waals surface area contributed by atoms with Gasteiger partial charge in [0.05, 0.1) is 22.4 Å². The van der Waals surface area contributed by atoms with Crippen LogP contribution in [0.15, 0.2) is 16.6 Å². The largest absolute Gasteiger partial charge is 0.397 e. The molecular formula is C11H15BrFN3O. The molecule has 1 amide bonds. The first-order valence-electron chi connectivity index (χ1n) is 5.12. The molecule has 1 rings (SSSR count). The number of hydrogen-bond donors (Lipinski definition) is 2. The summed E-state index contributed by atoms with van der Waals surface area (Å²) in [6.07, 6.45) is 0. The molecule has 0 aromatic heterocycles. The normalized spacial score (nSPS) is 10.6. The molecule has 0 fully saturated rings. The lowest BCUT2D eigenvalue weighted by molar-refractivity contribution is -0.116. The Kier molecular flexibility index (Phi) is 4.34. The molecule has 94 valence electrons. The van der Waals surface area contributed by atoms with Crippen molar-refractivity contribution in [3.8, 4) is 0 Å². The smallest absolute Gasteiger partial charge is 0.236 e. The van der Waals surface area contributed by atoms with Crippen LogP contribution >= 0.6 is 15.9 Å². The summed E-state index contributed by atoms with van der Waals surface area (Å²) in [7, 11) is 0. The van der Waals surface area contributed by atoms with Crippen LogP contribution in [0.3, 0.4) is 0 Å². The molecule has 0 heterocycles. The summed E-state index contributed by atoms with van der Waals surface area (Å²) in [5.74, 6) is -0.896. The SMILES string of the molecule is CC(C)N(CC(N)=O)c1cc(Br)c(F)cc1N. The molecule has 4 nitrogen and oxygen atoms in total. The van der Waals surface area contributed by atoms with E-state index in [2.05, 4.69) is 15.9 Å².